The fraction of sp³-hybridized carbons (Fsp3) is 0.353. The van der Waals surface area contributed by atoms with Crippen LogP contribution >= 0.6 is 11.8 Å². The van der Waals surface area contributed by atoms with Crippen LogP contribution in [0.1, 0.15) is 23.9 Å². The number of carbonyl (C=O) groups excluding carboxylic acids is 1. The molecular weight excluding hydrogens is 308 g/mol. The van der Waals surface area contributed by atoms with E-state index in [1.807, 2.05) is 43.5 Å². The zero-order valence-electron chi connectivity index (χ0n) is 13.8. The van der Waals surface area contributed by atoms with Gasteiger partial charge in [-0.15, -0.1) is 16.8 Å². The van der Waals surface area contributed by atoms with Gasteiger partial charge in [-0.25, -0.2) is 0 Å². The summed E-state index contributed by atoms with van der Waals surface area (Å²) in [4.78, 5) is 12.1. The summed E-state index contributed by atoms with van der Waals surface area (Å²) in [6.45, 7) is 10.5. The smallest absolute Gasteiger partial charge is 0.234 e. The molecule has 5 nitrogen and oxygen atoms in total. The SMILES string of the molecule is C=CCn1c(CC)nnc1SCC(=O)Nc1cc(C)cc(C)c1. The molecule has 0 aliphatic carbocycles. The fourth-order valence-electron chi connectivity index (χ4n) is 2.37. The molecule has 2 rings (SSSR count). The minimum Gasteiger partial charge on any atom is -0.325 e. The lowest BCUT2D eigenvalue weighted by molar-refractivity contribution is -0.113. The van der Waals surface area contributed by atoms with E-state index in [-0.39, 0.29) is 5.91 Å². The Morgan fingerprint density at radius 3 is 2.61 bits per heavy atom. The van der Waals surface area contributed by atoms with Crippen molar-refractivity contribution < 1.29 is 4.79 Å². The summed E-state index contributed by atoms with van der Waals surface area (Å²) < 4.78 is 1.99. The zero-order valence-corrected chi connectivity index (χ0v) is 14.6. The fourth-order valence-corrected chi connectivity index (χ4v) is 3.14. The Balaban J connectivity index is 1.99. The summed E-state index contributed by atoms with van der Waals surface area (Å²) in [7, 11) is 0. The number of nitrogens with zero attached hydrogens (tertiary/aromatic N) is 3. The highest BCUT2D eigenvalue weighted by molar-refractivity contribution is 7.99. The molecule has 1 aromatic carbocycles. The van der Waals surface area contributed by atoms with Gasteiger partial charge in [0.2, 0.25) is 5.91 Å². The number of thioether (sulfide) groups is 1. The second-order valence-electron chi connectivity index (χ2n) is 5.36. The number of allylic oxidation sites excluding steroid dienone is 1. The second kappa shape index (κ2) is 7.97. The van der Waals surface area contributed by atoms with Gasteiger partial charge in [-0.05, 0) is 37.1 Å². The van der Waals surface area contributed by atoms with Crippen LogP contribution in [0.4, 0.5) is 5.69 Å². The van der Waals surface area contributed by atoms with E-state index in [0.29, 0.717) is 12.3 Å². The Hall–Kier alpha value is -2.08. The van der Waals surface area contributed by atoms with Crippen molar-refractivity contribution in [3.8, 4) is 0 Å². The van der Waals surface area contributed by atoms with Crippen LogP contribution in [0.5, 0.6) is 0 Å². The van der Waals surface area contributed by atoms with E-state index in [0.717, 1.165) is 34.2 Å². The van der Waals surface area contributed by atoms with E-state index < -0.39 is 0 Å². The van der Waals surface area contributed by atoms with Gasteiger partial charge in [0.15, 0.2) is 5.16 Å². The van der Waals surface area contributed by atoms with Gasteiger partial charge < -0.3 is 9.88 Å². The van der Waals surface area contributed by atoms with Gasteiger partial charge in [0.1, 0.15) is 5.82 Å². The van der Waals surface area contributed by atoms with Crippen molar-refractivity contribution in [2.45, 2.75) is 38.9 Å². The van der Waals surface area contributed by atoms with E-state index in [1.165, 1.54) is 11.8 Å². The van der Waals surface area contributed by atoms with Gasteiger partial charge >= 0.3 is 0 Å². The normalized spacial score (nSPS) is 10.6. The average Bonchev–Trinajstić information content (AvgIpc) is 2.86. The molecule has 23 heavy (non-hydrogen) atoms. The minimum atomic E-state index is -0.0498. The first-order valence-corrected chi connectivity index (χ1v) is 8.56. The summed E-state index contributed by atoms with van der Waals surface area (Å²) in [5.74, 6) is 1.15. The van der Waals surface area contributed by atoms with Crippen LogP contribution in [-0.2, 0) is 17.8 Å². The van der Waals surface area contributed by atoms with Crippen LogP contribution in [0.15, 0.2) is 36.0 Å². The highest BCUT2D eigenvalue weighted by atomic mass is 32.2. The molecule has 0 bridgehead atoms. The van der Waals surface area contributed by atoms with Crippen molar-refractivity contribution in [3.05, 3.63) is 47.8 Å². The van der Waals surface area contributed by atoms with Crippen molar-refractivity contribution in [2.24, 2.45) is 0 Å². The highest BCUT2D eigenvalue weighted by Crippen LogP contribution is 2.19. The van der Waals surface area contributed by atoms with Gasteiger partial charge in [-0.2, -0.15) is 0 Å². The monoisotopic (exact) mass is 330 g/mol. The Morgan fingerprint density at radius 2 is 2.00 bits per heavy atom. The third-order valence-electron chi connectivity index (χ3n) is 3.26. The number of nitrogens with one attached hydrogen (secondary N) is 1. The molecule has 0 saturated carbocycles. The third-order valence-corrected chi connectivity index (χ3v) is 4.23. The number of aryl methyl sites for hydroxylation is 3. The number of anilines is 1. The van der Waals surface area contributed by atoms with Gasteiger partial charge in [0.25, 0.3) is 0 Å². The van der Waals surface area contributed by atoms with Gasteiger partial charge in [0.05, 0.1) is 5.75 Å². The van der Waals surface area contributed by atoms with Gasteiger partial charge in [-0.3, -0.25) is 4.79 Å². The maximum atomic E-state index is 12.1. The van der Waals surface area contributed by atoms with Crippen molar-refractivity contribution in [2.75, 3.05) is 11.1 Å². The molecule has 0 unspecified atom stereocenters. The lowest BCUT2D eigenvalue weighted by Crippen LogP contribution is -2.15. The average molecular weight is 330 g/mol. The molecule has 0 saturated heterocycles. The van der Waals surface area contributed by atoms with Crippen molar-refractivity contribution >= 4 is 23.4 Å². The third kappa shape index (κ3) is 4.69. The molecule has 0 aliphatic rings. The molecule has 1 N–H and O–H groups in total. The molecule has 0 spiro atoms. The lowest BCUT2D eigenvalue weighted by atomic mass is 10.1. The van der Waals surface area contributed by atoms with Crippen LogP contribution in [0, 0.1) is 13.8 Å². The predicted molar refractivity (Wildman–Crippen MR) is 94.9 cm³/mol. The molecule has 6 heteroatoms. The lowest BCUT2D eigenvalue weighted by Gasteiger charge is -2.08. The summed E-state index contributed by atoms with van der Waals surface area (Å²) in [6, 6.07) is 6.00. The Bertz CT molecular complexity index is 688. The van der Waals surface area contributed by atoms with E-state index in [9.17, 15) is 4.79 Å². The van der Waals surface area contributed by atoms with Crippen molar-refractivity contribution in [1.82, 2.24) is 14.8 Å². The number of benzene rings is 1. The maximum Gasteiger partial charge on any atom is 0.234 e. The molecule has 2 aromatic rings. The molecule has 0 radical (unpaired) electrons. The minimum absolute atomic E-state index is 0.0498. The largest absolute Gasteiger partial charge is 0.325 e. The quantitative estimate of drug-likeness (QED) is 0.624. The summed E-state index contributed by atoms with van der Waals surface area (Å²) >= 11 is 1.39. The van der Waals surface area contributed by atoms with Gasteiger partial charge in [0, 0.05) is 18.7 Å². The van der Waals surface area contributed by atoms with Crippen LogP contribution in [0.25, 0.3) is 0 Å². The van der Waals surface area contributed by atoms with Gasteiger partial charge in [-0.1, -0.05) is 30.8 Å². The van der Waals surface area contributed by atoms with E-state index in [1.54, 1.807) is 0 Å². The Kier molecular flexibility index (Phi) is 5.98. The van der Waals surface area contributed by atoms with Crippen molar-refractivity contribution in [1.29, 1.82) is 0 Å². The summed E-state index contributed by atoms with van der Waals surface area (Å²) in [5, 5.41) is 12.0. The van der Waals surface area contributed by atoms with Crippen LogP contribution in [0.2, 0.25) is 0 Å². The van der Waals surface area contributed by atoms with E-state index in [4.69, 9.17) is 0 Å². The number of aromatic nitrogens is 3. The molecule has 0 aliphatic heterocycles. The Morgan fingerprint density at radius 1 is 1.30 bits per heavy atom. The number of rotatable bonds is 7. The number of hydrogen-bond donors (Lipinski definition) is 1. The molecule has 122 valence electrons. The first-order chi connectivity index (χ1) is 11.0. The number of hydrogen-bond acceptors (Lipinski definition) is 4. The first-order valence-electron chi connectivity index (χ1n) is 7.57. The molecule has 1 heterocycles. The van der Waals surface area contributed by atoms with Crippen molar-refractivity contribution in [3.63, 3.8) is 0 Å². The van der Waals surface area contributed by atoms with E-state index in [2.05, 4.69) is 28.2 Å². The Labute approximate surface area is 141 Å². The standard InChI is InChI=1S/C17H22N4OS/c1-5-7-21-15(6-2)19-20-17(21)23-11-16(22)18-14-9-12(3)8-13(4)10-14/h5,8-10H,1,6-7,11H2,2-4H3,(H,18,22). The molecule has 1 aromatic heterocycles. The topological polar surface area (TPSA) is 59.8 Å². The second-order valence-corrected chi connectivity index (χ2v) is 6.31. The molecule has 1 amide bonds. The molecule has 0 fully saturated rings. The van der Waals surface area contributed by atoms with Crippen LogP contribution < -0.4 is 5.32 Å². The highest BCUT2D eigenvalue weighted by Gasteiger charge is 2.12. The first kappa shape index (κ1) is 17.3. The summed E-state index contributed by atoms with van der Waals surface area (Å²) in [6.07, 6.45) is 2.61. The number of amides is 1. The zero-order chi connectivity index (χ0) is 16.8. The maximum absolute atomic E-state index is 12.1. The van der Waals surface area contributed by atoms with Crippen LogP contribution in [0.3, 0.4) is 0 Å². The van der Waals surface area contributed by atoms with Crippen LogP contribution in [-0.4, -0.2) is 26.4 Å². The molecular formula is C17H22N4OS. The predicted octanol–water partition coefficient (Wildman–Crippen LogP) is 3.37. The summed E-state index contributed by atoms with van der Waals surface area (Å²) in [5.41, 5.74) is 3.09. The van der Waals surface area contributed by atoms with E-state index >= 15 is 0 Å². The molecule has 0 atom stereocenters. The number of carbonyl (C=O) groups is 1.